The molecule has 0 amide bonds. The Labute approximate surface area is 100 Å². The molecule has 88 valence electrons. The molecule has 0 aliphatic carbocycles. The number of aryl methyl sites for hydroxylation is 2. The molecule has 2 rings (SSSR count). The van der Waals surface area contributed by atoms with Crippen LogP contribution in [-0.2, 0) is 6.54 Å². The molecular weight excluding hydrogens is 215 g/mol. The SMILES string of the molecule is Cc1cc(-c2ccc(F)c(CN)c2)cc(C)n1. The predicted molar refractivity (Wildman–Crippen MR) is 67.0 cm³/mol. The largest absolute Gasteiger partial charge is 0.326 e. The monoisotopic (exact) mass is 230 g/mol. The summed E-state index contributed by atoms with van der Waals surface area (Å²) in [6, 6.07) is 9.00. The molecule has 1 heterocycles. The number of halogens is 1. The van der Waals surface area contributed by atoms with Gasteiger partial charge < -0.3 is 5.73 Å². The first kappa shape index (κ1) is 11.7. The standard InChI is InChI=1S/C14H15FN2/c1-9-5-12(6-10(2)17-9)11-3-4-14(15)13(7-11)8-16/h3-7H,8,16H2,1-2H3. The fourth-order valence-electron chi connectivity index (χ4n) is 1.91. The highest BCUT2D eigenvalue weighted by Gasteiger charge is 2.05. The fourth-order valence-corrected chi connectivity index (χ4v) is 1.91. The highest BCUT2D eigenvalue weighted by Crippen LogP contribution is 2.23. The van der Waals surface area contributed by atoms with Crippen LogP contribution in [0.2, 0.25) is 0 Å². The molecule has 2 N–H and O–H groups in total. The van der Waals surface area contributed by atoms with E-state index in [2.05, 4.69) is 4.98 Å². The van der Waals surface area contributed by atoms with Crippen LogP contribution >= 0.6 is 0 Å². The lowest BCUT2D eigenvalue weighted by Crippen LogP contribution is -2.00. The van der Waals surface area contributed by atoms with E-state index < -0.39 is 0 Å². The molecule has 0 aliphatic heterocycles. The number of rotatable bonds is 2. The molecule has 0 saturated heterocycles. The molecular formula is C14H15FN2. The molecule has 0 fully saturated rings. The van der Waals surface area contributed by atoms with Gasteiger partial charge >= 0.3 is 0 Å². The third kappa shape index (κ3) is 2.50. The molecule has 2 nitrogen and oxygen atoms in total. The lowest BCUT2D eigenvalue weighted by atomic mass is 10.0. The van der Waals surface area contributed by atoms with Crippen molar-refractivity contribution in [3.63, 3.8) is 0 Å². The number of hydrogen-bond acceptors (Lipinski definition) is 2. The van der Waals surface area contributed by atoms with Crippen molar-refractivity contribution in [1.82, 2.24) is 4.98 Å². The summed E-state index contributed by atoms with van der Waals surface area (Å²) in [5.41, 5.74) is 9.97. The maximum Gasteiger partial charge on any atom is 0.127 e. The Kier molecular flexibility index (Phi) is 3.20. The van der Waals surface area contributed by atoms with E-state index in [-0.39, 0.29) is 12.4 Å². The normalized spacial score (nSPS) is 10.6. The van der Waals surface area contributed by atoms with Gasteiger partial charge in [-0.3, -0.25) is 4.98 Å². The van der Waals surface area contributed by atoms with Crippen LogP contribution in [0.25, 0.3) is 11.1 Å². The van der Waals surface area contributed by atoms with Gasteiger partial charge in [-0.25, -0.2) is 4.39 Å². The third-order valence-electron chi connectivity index (χ3n) is 2.68. The summed E-state index contributed by atoms with van der Waals surface area (Å²) in [5, 5.41) is 0. The van der Waals surface area contributed by atoms with Crippen LogP contribution < -0.4 is 5.73 Å². The lowest BCUT2D eigenvalue weighted by Gasteiger charge is -2.07. The van der Waals surface area contributed by atoms with Crippen LogP contribution in [-0.4, -0.2) is 4.98 Å². The highest BCUT2D eigenvalue weighted by atomic mass is 19.1. The molecule has 0 saturated carbocycles. The zero-order valence-corrected chi connectivity index (χ0v) is 10.00. The van der Waals surface area contributed by atoms with Gasteiger partial charge in [-0.2, -0.15) is 0 Å². The molecule has 0 spiro atoms. The van der Waals surface area contributed by atoms with Crippen molar-refractivity contribution < 1.29 is 4.39 Å². The second kappa shape index (κ2) is 4.63. The van der Waals surface area contributed by atoms with E-state index in [0.29, 0.717) is 5.56 Å². The van der Waals surface area contributed by atoms with E-state index in [1.807, 2.05) is 26.0 Å². The minimum atomic E-state index is -0.251. The number of pyridine rings is 1. The first-order valence-electron chi connectivity index (χ1n) is 5.54. The lowest BCUT2D eigenvalue weighted by molar-refractivity contribution is 0.611. The van der Waals surface area contributed by atoms with E-state index in [1.54, 1.807) is 12.1 Å². The highest BCUT2D eigenvalue weighted by molar-refractivity contribution is 5.65. The Hall–Kier alpha value is -1.74. The van der Waals surface area contributed by atoms with Gasteiger partial charge in [0.1, 0.15) is 5.82 Å². The van der Waals surface area contributed by atoms with Crippen molar-refractivity contribution in [1.29, 1.82) is 0 Å². The summed E-state index contributed by atoms with van der Waals surface area (Å²) < 4.78 is 13.4. The van der Waals surface area contributed by atoms with Crippen molar-refractivity contribution >= 4 is 0 Å². The number of nitrogens with two attached hydrogens (primary N) is 1. The van der Waals surface area contributed by atoms with Crippen LogP contribution in [0.4, 0.5) is 4.39 Å². The van der Waals surface area contributed by atoms with E-state index >= 15 is 0 Å². The number of benzene rings is 1. The average molecular weight is 230 g/mol. The minimum absolute atomic E-state index is 0.211. The molecule has 0 radical (unpaired) electrons. The molecule has 2 aromatic rings. The summed E-state index contributed by atoms with van der Waals surface area (Å²) in [6.45, 7) is 4.11. The molecule has 17 heavy (non-hydrogen) atoms. The quantitative estimate of drug-likeness (QED) is 0.861. The van der Waals surface area contributed by atoms with Crippen LogP contribution in [0.15, 0.2) is 30.3 Å². The van der Waals surface area contributed by atoms with Gasteiger partial charge in [-0.1, -0.05) is 6.07 Å². The average Bonchev–Trinajstić information content (AvgIpc) is 2.28. The maximum atomic E-state index is 13.4. The first-order chi connectivity index (χ1) is 8.10. The van der Waals surface area contributed by atoms with Crippen LogP contribution in [0.1, 0.15) is 17.0 Å². The molecule has 1 aromatic heterocycles. The van der Waals surface area contributed by atoms with Crippen molar-refractivity contribution in [2.24, 2.45) is 5.73 Å². The second-order valence-corrected chi connectivity index (χ2v) is 4.15. The van der Waals surface area contributed by atoms with Crippen LogP contribution in [0.5, 0.6) is 0 Å². The van der Waals surface area contributed by atoms with Crippen LogP contribution in [0.3, 0.4) is 0 Å². The summed E-state index contributed by atoms with van der Waals surface area (Å²) in [4.78, 5) is 4.32. The van der Waals surface area contributed by atoms with E-state index in [1.165, 1.54) is 6.07 Å². The molecule has 0 bridgehead atoms. The summed E-state index contributed by atoms with van der Waals surface area (Å²) in [7, 11) is 0. The predicted octanol–water partition coefficient (Wildman–Crippen LogP) is 2.96. The van der Waals surface area contributed by atoms with Crippen molar-refractivity contribution in [3.05, 3.63) is 53.1 Å². The summed E-state index contributed by atoms with van der Waals surface area (Å²) in [6.07, 6.45) is 0. The fraction of sp³-hybridized carbons (Fsp3) is 0.214. The van der Waals surface area contributed by atoms with Gasteiger partial charge in [-0.05, 0) is 49.2 Å². The van der Waals surface area contributed by atoms with E-state index in [9.17, 15) is 4.39 Å². The van der Waals surface area contributed by atoms with Gasteiger partial charge in [0.05, 0.1) is 0 Å². The molecule has 0 atom stereocenters. The second-order valence-electron chi connectivity index (χ2n) is 4.15. The maximum absolute atomic E-state index is 13.4. The Bertz CT molecular complexity index is 530. The number of nitrogens with zero attached hydrogens (tertiary/aromatic N) is 1. The van der Waals surface area contributed by atoms with Crippen molar-refractivity contribution in [2.75, 3.05) is 0 Å². The first-order valence-corrected chi connectivity index (χ1v) is 5.54. The molecule has 3 heteroatoms. The van der Waals surface area contributed by atoms with Crippen LogP contribution in [0, 0.1) is 19.7 Å². The third-order valence-corrected chi connectivity index (χ3v) is 2.68. The van der Waals surface area contributed by atoms with Gasteiger partial charge in [0.25, 0.3) is 0 Å². The Morgan fingerprint density at radius 3 is 2.29 bits per heavy atom. The van der Waals surface area contributed by atoms with E-state index in [0.717, 1.165) is 22.5 Å². The Morgan fingerprint density at radius 1 is 1.06 bits per heavy atom. The van der Waals surface area contributed by atoms with Crippen molar-refractivity contribution in [3.8, 4) is 11.1 Å². The topological polar surface area (TPSA) is 38.9 Å². The van der Waals surface area contributed by atoms with Gasteiger partial charge in [0.15, 0.2) is 0 Å². The van der Waals surface area contributed by atoms with Gasteiger partial charge in [-0.15, -0.1) is 0 Å². The summed E-state index contributed by atoms with van der Waals surface area (Å²) in [5.74, 6) is -0.251. The van der Waals surface area contributed by atoms with Gasteiger partial charge in [0.2, 0.25) is 0 Å². The van der Waals surface area contributed by atoms with Gasteiger partial charge in [0, 0.05) is 23.5 Å². The van der Waals surface area contributed by atoms with Crippen molar-refractivity contribution in [2.45, 2.75) is 20.4 Å². The molecule has 1 aromatic carbocycles. The molecule has 0 unspecified atom stereocenters. The minimum Gasteiger partial charge on any atom is -0.326 e. The van der Waals surface area contributed by atoms with E-state index in [4.69, 9.17) is 5.73 Å². The zero-order valence-electron chi connectivity index (χ0n) is 10.00. The molecule has 0 aliphatic rings. The zero-order chi connectivity index (χ0) is 12.4. The smallest absolute Gasteiger partial charge is 0.127 e. The Morgan fingerprint density at radius 2 is 1.71 bits per heavy atom. The Balaban J connectivity index is 2.52. The number of hydrogen-bond donors (Lipinski definition) is 1. The summed E-state index contributed by atoms with van der Waals surface area (Å²) >= 11 is 0. The number of aromatic nitrogens is 1.